The maximum Gasteiger partial charge on any atom is 0.255 e. The molecule has 0 fully saturated rings. The van der Waals surface area contributed by atoms with Gasteiger partial charge in [0.05, 0.1) is 16.8 Å². The van der Waals surface area contributed by atoms with Crippen LogP contribution in [0, 0.1) is 0 Å². The first-order chi connectivity index (χ1) is 17.1. The van der Waals surface area contributed by atoms with E-state index in [-0.39, 0.29) is 18.4 Å². The molecule has 3 heterocycles. The molecular formula is C27H24N4O4. The fourth-order valence-corrected chi connectivity index (χ4v) is 4.02. The van der Waals surface area contributed by atoms with Crippen LogP contribution in [0.1, 0.15) is 17.3 Å². The first-order valence-corrected chi connectivity index (χ1v) is 11.4. The van der Waals surface area contributed by atoms with Crippen LogP contribution in [0.25, 0.3) is 22.2 Å². The number of para-hydroxylation sites is 1. The number of nitrogens with zero attached hydrogens (tertiary/aromatic N) is 3. The number of amides is 2. The minimum Gasteiger partial charge on any atom is -0.486 e. The number of ether oxygens (including phenoxy) is 2. The first kappa shape index (κ1) is 22.3. The summed E-state index contributed by atoms with van der Waals surface area (Å²) in [6.07, 6.45) is 3.38. The lowest BCUT2D eigenvalue weighted by Gasteiger charge is -2.22. The molecule has 8 nitrogen and oxygen atoms in total. The third-order valence-corrected chi connectivity index (χ3v) is 5.75. The summed E-state index contributed by atoms with van der Waals surface area (Å²) in [6.45, 7) is 3.09. The van der Waals surface area contributed by atoms with Gasteiger partial charge in [0.15, 0.2) is 11.5 Å². The van der Waals surface area contributed by atoms with Crippen LogP contribution >= 0.6 is 0 Å². The number of carbonyl (C=O) groups is 2. The van der Waals surface area contributed by atoms with Gasteiger partial charge < -0.3 is 19.7 Å². The molecule has 0 saturated heterocycles. The molecule has 0 unspecified atom stereocenters. The van der Waals surface area contributed by atoms with Crippen LogP contribution in [-0.2, 0) is 4.79 Å². The Labute approximate surface area is 202 Å². The molecule has 0 atom stereocenters. The summed E-state index contributed by atoms with van der Waals surface area (Å²) in [5, 5.41) is 3.59. The summed E-state index contributed by atoms with van der Waals surface area (Å²) in [6, 6.07) is 18.2. The summed E-state index contributed by atoms with van der Waals surface area (Å²) < 4.78 is 11.1. The summed E-state index contributed by atoms with van der Waals surface area (Å²) in [7, 11) is 0. The average Bonchev–Trinajstić information content (AvgIpc) is 2.91. The van der Waals surface area contributed by atoms with Crippen LogP contribution in [0.4, 0.5) is 5.69 Å². The van der Waals surface area contributed by atoms with E-state index < -0.39 is 0 Å². The van der Waals surface area contributed by atoms with E-state index in [0.29, 0.717) is 53.7 Å². The fraction of sp³-hybridized carbons (Fsp3) is 0.185. The highest BCUT2D eigenvalue weighted by molar-refractivity contribution is 6.08. The molecule has 176 valence electrons. The molecule has 2 aromatic carbocycles. The van der Waals surface area contributed by atoms with Gasteiger partial charge in [0.25, 0.3) is 5.91 Å². The van der Waals surface area contributed by atoms with Gasteiger partial charge >= 0.3 is 0 Å². The molecule has 0 aliphatic carbocycles. The van der Waals surface area contributed by atoms with Crippen molar-refractivity contribution >= 4 is 28.4 Å². The highest BCUT2D eigenvalue weighted by atomic mass is 16.6. The van der Waals surface area contributed by atoms with Gasteiger partial charge in [0, 0.05) is 41.6 Å². The number of pyridine rings is 2. The van der Waals surface area contributed by atoms with Gasteiger partial charge in [-0.05, 0) is 43.3 Å². The number of benzene rings is 2. The van der Waals surface area contributed by atoms with Crippen LogP contribution in [-0.4, -0.2) is 53.0 Å². The quantitative estimate of drug-likeness (QED) is 0.457. The topological polar surface area (TPSA) is 93.7 Å². The van der Waals surface area contributed by atoms with E-state index in [0.717, 1.165) is 10.9 Å². The van der Waals surface area contributed by atoms with Crippen LogP contribution in [0.5, 0.6) is 11.5 Å². The van der Waals surface area contributed by atoms with Crippen molar-refractivity contribution < 1.29 is 19.1 Å². The van der Waals surface area contributed by atoms with Crippen molar-refractivity contribution in [3.63, 3.8) is 0 Å². The Hall–Kier alpha value is -4.46. The predicted octanol–water partition coefficient (Wildman–Crippen LogP) is 4.17. The molecule has 8 heteroatoms. The first-order valence-electron chi connectivity index (χ1n) is 11.4. The smallest absolute Gasteiger partial charge is 0.255 e. The zero-order valence-corrected chi connectivity index (χ0v) is 19.2. The van der Waals surface area contributed by atoms with E-state index in [1.54, 1.807) is 36.7 Å². The van der Waals surface area contributed by atoms with Crippen molar-refractivity contribution in [2.24, 2.45) is 0 Å². The van der Waals surface area contributed by atoms with E-state index >= 15 is 0 Å². The molecular weight excluding hydrogens is 444 g/mol. The van der Waals surface area contributed by atoms with Gasteiger partial charge in [-0.25, -0.2) is 4.98 Å². The molecule has 0 bridgehead atoms. The molecule has 0 saturated carbocycles. The molecule has 35 heavy (non-hydrogen) atoms. The largest absolute Gasteiger partial charge is 0.486 e. The van der Waals surface area contributed by atoms with Crippen LogP contribution in [0.2, 0.25) is 0 Å². The third-order valence-electron chi connectivity index (χ3n) is 5.75. The van der Waals surface area contributed by atoms with Crippen molar-refractivity contribution in [3.05, 3.63) is 78.6 Å². The van der Waals surface area contributed by atoms with Crippen molar-refractivity contribution in [2.45, 2.75) is 6.92 Å². The molecule has 2 amide bonds. The number of carbonyl (C=O) groups excluding carboxylic acids is 2. The number of hydrogen-bond donors (Lipinski definition) is 1. The van der Waals surface area contributed by atoms with Gasteiger partial charge in [-0.1, -0.05) is 18.2 Å². The van der Waals surface area contributed by atoms with Crippen LogP contribution in [0.15, 0.2) is 73.1 Å². The van der Waals surface area contributed by atoms with Gasteiger partial charge in [-0.2, -0.15) is 0 Å². The second kappa shape index (κ2) is 9.80. The van der Waals surface area contributed by atoms with E-state index in [9.17, 15) is 9.59 Å². The molecule has 2 aromatic heterocycles. The number of anilines is 1. The molecule has 0 radical (unpaired) electrons. The maximum absolute atomic E-state index is 13.6. The zero-order chi connectivity index (χ0) is 24.2. The number of fused-ring (bicyclic) bond motifs is 2. The SMILES string of the molecule is CCN(CC(=O)Nc1ccc2c(c1)OCCO2)C(=O)c1cc(-c2ccncc2)nc2ccccc12. The molecule has 4 aromatic rings. The maximum atomic E-state index is 13.6. The summed E-state index contributed by atoms with van der Waals surface area (Å²) >= 11 is 0. The number of likely N-dealkylation sites (N-methyl/N-ethyl adjacent to an activating group) is 1. The Kier molecular flexibility index (Phi) is 6.26. The second-order valence-electron chi connectivity index (χ2n) is 8.03. The normalized spacial score (nSPS) is 12.3. The highest BCUT2D eigenvalue weighted by Crippen LogP contribution is 2.32. The van der Waals surface area contributed by atoms with E-state index in [1.807, 2.05) is 43.3 Å². The molecule has 5 rings (SSSR count). The Morgan fingerprint density at radius 2 is 1.74 bits per heavy atom. The Bertz CT molecular complexity index is 1390. The van der Waals surface area contributed by atoms with Crippen LogP contribution < -0.4 is 14.8 Å². The Morgan fingerprint density at radius 3 is 2.54 bits per heavy atom. The van der Waals surface area contributed by atoms with Crippen molar-refractivity contribution in [1.82, 2.24) is 14.9 Å². The monoisotopic (exact) mass is 468 g/mol. The van der Waals surface area contributed by atoms with Crippen molar-refractivity contribution in [3.8, 4) is 22.8 Å². The van der Waals surface area contributed by atoms with Gasteiger partial charge in [-0.3, -0.25) is 14.6 Å². The Morgan fingerprint density at radius 1 is 0.971 bits per heavy atom. The minimum atomic E-state index is -0.301. The summed E-state index contributed by atoms with van der Waals surface area (Å²) in [5.74, 6) is 0.696. The lowest BCUT2D eigenvalue weighted by molar-refractivity contribution is -0.116. The van der Waals surface area contributed by atoms with E-state index in [1.165, 1.54) is 4.90 Å². The number of nitrogens with one attached hydrogen (secondary N) is 1. The predicted molar refractivity (Wildman–Crippen MR) is 133 cm³/mol. The van der Waals surface area contributed by atoms with Crippen molar-refractivity contribution in [2.75, 3.05) is 31.6 Å². The average molecular weight is 469 g/mol. The molecule has 1 aliphatic rings. The number of rotatable bonds is 6. The summed E-state index contributed by atoms with van der Waals surface area (Å²) in [4.78, 5) is 36.8. The van der Waals surface area contributed by atoms with E-state index in [2.05, 4.69) is 10.3 Å². The van der Waals surface area contributed by atoms with Crippen molar-refractivity contribution in [1.29, 1.82) is 0 Å². The number of aromatic nitrogens is 2. The fourth-order valence-electron chi connectivity index (χ4n) is 4.02. The Balaban J connectivity index is 1.39. The second-order valence-corrected chi connectivity index (χ2v) is 8.03. The molecule has 0 spiro atoms. The lowest BCUT2D eigenvalue weighted by Crippen LogP contribution is -2.38. The lowest BCUT2D eigenvalue weighted by atomic mass is 10.0. The summed E-state index contributed by atoms with van der Waals surface area (Å²) in [5.41, 5.74) is 3.32. The van der Waals surface area contributed by atoms with Gasteiger partial charge in [0.1, 0.15) is 19.8 Å². The van der Waals surface area contributed by atoms with Gasteiger partial charge in [0.2, 0.25) is 5.91 Å². The number of hydrogen-bond acceptors (Lipinski definition) is 6. The standard InChI is InChI=1S/C27H24N4O4/c1-2-31(17-26(32)29-19-7-8-24-25(15-19)35-14-13-34-24)27(33)21-16-23(18-9-11-28-12-10-18)30-22-6-4-3-5-20(21)22/h3-12,15-16H,2,13-14,17H2,1H3,(H,29,32). The molecule has 1 N–H and O–H groups in total. The van der Waals surface area contributed by atoms with Crippen LogP contribution in [0.3, 0.4) is 0 Å². The van der Waals surface area contributed by atoms with E-state index in [4.69, 9.17) is 14.5 Å². The highest BCUT2D eigenvalue weighted by Gasteiger charge is 2.22. The minimum absolute atomic E-state index is 0.0922. The molecule has 1 aliphatic heterocycles. The van der Waals surface area contributed by atoms with Gasteiger partial charge in [-0.15, -0.1) is 0 Å². The zero-order valence-electron chi connectivity index (χ0n) is 19.2. The third kappa shape index (κ3) is 4.77.